The number of aryl methyl sites for hydroxylation is 1. The molecule has 0 spiro atoms. The van der Waals surface area contributed by atoms with Crippen LogP contribution >= 0.6 is 15.9 Å². The van der Waals surface area contributed by atoms with Crippen molar-refractivity contribution in [3.8, 4) is 0 Å². The summed E-state index contributed by atoms with van der Waals surface area (Å²) >= 11 is 3.40. The molecule has 3 rings (SSSR count). The zero-order valence-corrected chi connectivity index (χ0v) is 18.5. The van der Waals surface area contributed by atoms with Crippen molar-refractivity contribution < 1.29 is 13.2 Å². The van der Waals surface area contributed by atoms with Gasteiger partial charge in [0.05, 0.1) is 10.6 Å². The predicted molar refractivity (Wildman–Crippen MR) is 115 cm³/mol. The number of benzene rings is 2. The Hall–Kier alpha value is -1.86. The maximum absolute atomic E-state index is 13.4. The summed E-state index contributed by atoms with van der Waals surface area (Å²) in [6.45, 7) is 5.17. The monoisotopic (exact) mass is 464 g/mol. The molecule has 5 nitrogen and oxygen atoms in total. The first kappa shape index (κ1) is 20.9. The quantitative estimate of drug-likeness (QED) is 0.665. The third-order valence-corrected chi connectivity index (χ3v) is 7.28. The molecule has 1 atom stereocenters. The second-order valence-corrected chi connectivity index (χ2v) is 10.2. The number of piperidine rings is 1. The zero-order valence-electron chi connectivity index (χ0n) is 16.1. The van der Waals surface area contributed by atoms with Gasteiger partial charge in [-0.3, -0.25) is 9.10 Å². The summed E-state index contributed by atoms with van der Waals surface area (Å²) in [6, 6.07) is 13.7. The van der Waals surface area contributed by atoms with E-state index in [0.717, 1.165) is 22.9 Å². The van der Waals surface area contributed by atoms with Crippen LogP contribution < -0.4 is 4.31 Å². The number of halogens is 1. The highest BCUT2D eigenvalue weighted by molar-refractivity contribution is 9.10. The molecule has 7 heteroatoms. The Labute approximate surface area is 175 Å². The minimum Gasteiger partial charge on any atom is -0.341 e. The average Bonchev–Trinajstić information content (AvgIpc) is 2.66. The highest BCUT2D eigenvalue weighted by Gasteiger charge is 2.30. The number of carbonyl (C=O) groups is 1. The summed E-state index contributed by atoms with van der Waals surface area (Å²) < 4.78 is 28.7. The summed E-state index contributed by atoms with van der Waals surface area (Å²) in [5.41, 5.74) is 1.44. The van der Waals surface area contributed by atoms with Crippen LogP contribution in [0.5, 0.6) is 0 Å². The first-order valence-electron chi connectivity index (χ1n) is 9.40. The van der Waals surface area contributed by atoms with Crippen LogP contribution in [-0.4, -0.2) is 38.9 Å². The minimum atomic E-state index is -3.87. The van der Waals surface area contributed by atoms with E-state index in [4.69, 9.17) is 0 Å². The van der Waals surface area contributed by atoms with Crippen molar-refractivity contribution in [1.82, 2.24) is 4.90 Å². The molecule has 0 radical (unpaired) electrons. The molecular weight excluding hydrogens is 440 g/mol. The highest BCUT2D eigenvalue weighted by Crippen LogP contribution is 2.27. The Morgan fingerprint density at radius 2 is 1.93 bits per heavy atom. The van der Waals surface area contributed by atoms with E-state index >= 15 is 0 Å². The van der Waals surface area contributed by atoms with Crippen LogP contribution in [0.15, 0.2) is 57.9 Å². The van der Waals surface area contributed by atoms with Gasteiger partial charge in [-0.05, 0) is 56.0 Å². The Balaban J connectivity index is 1.95. The molecule has 1 unspecified atom stereocenters. The van der Waals surface area contributed by atoms with Gasteiger partial charge in [-0.2, -0.15) is 0 Å². The van der Waals surface area contributed by atoms with Crippen LogP contribution in [0.4, 0.5) is 5.69 Å². The summed E-state index contributed by atoms with van der Waals surface area (Å²) in [5, 5.41) is 0. The van der Waals surface area contributed by atoms with Gasteiger partial charge in [0.25, 0.3) is 10.0 Å². The van der Waals surface area contributed by atoms with Gasteiger partial charge in [-0.15, -0.1) is 0 Å². The maximum Gasteiger partial charge on any atom is 0.264 e. The lowest BCUT2D eigenvalue weighted by atomic mass is 10.0. The van der Waals surface area contributed by atoms with E-state index < -0.39 is 10.0 Å². The second kappa shape index (κ2) is 8.66. The molecule has 1 fully saturated rings. The fourth-order valence-corrected chi connectivity index (χ4v) is 5.22. The van der Waals surface area contributed by atoms with E-state index in [0.29, 0.717) is 24.7 Å². The zero-order chi connectivity index (χ0) is 20.3. The third kappa shape index (κ3) is 4.75. The minimum absolute atomic E-state index is 0.165. The van der Waals surface area contributed by atoms with Crippen molar-refractivity contribution in [2.45, 2.75) is 31.6 Å². The average molecular weight is 465 g/mol. The molecule has 0 aliphatic carbocycles. The van der Waals surface area contributed by atoms with Crippen molar-refractivity contribution in [3.63, 3.8) is 0 Å². The van der Waals surface area contributed by atoms with Gasteiger partial charge in [0.1, 0.15) is 6.54 Å². The Morgan fingerprint density at radius 1 is 1.21 bits per heavy atom. The highest BCUT2D eigenvalue weighted by atomic mass is 79.9. The number of hydrogen-bond acceptors (Lipinski definition) is 3. The molecule has 1 heterocycles. The van der Waals surface area contributed by atoms with E-state index in [1.54, 1.807) is 47.4 Å². The molecule has 1 aliphatic heterocycles. The Bertz CT molecular complexity index is 944. The number of anilines is 1. The number of sulfonamides is 1. The lowest BCUT2D eigenvalue weighted by Gasteiger charge is -2.33. The largest absolute Gasteiger partial charge is 0.341 e. The number of likely N-dealkylation sites (tertiary alicyclic amines) is 1. The molecule has 0 N–H and O–H groups in total. The van der Waals surface area contributed by atoms with Gasteiger partial charge in [0.15, 0.2) is 0 Å². The number of carbonyl (C=O) groups excluding carboxylic acids is 1. The van der Waals surface area contributed by atoms with E-state index in [2.05, 4.69) is 22.9 Å². The van der Waals surface area contributed by atoms with Gasteiger partial charge in [0, 0.05) is 17.6 Å². The normalized spacial score (nSPS) is 17.4. The van der Waals surface area contributed by atoms with Crippen LogP contribution in [-0.2, 0) is 14.8 Å². The molecule has 2 aromatic rings. The molecule has 1 saturated heterocycles. The van der Waals surface area contributed by atoms with Crippen LogP contribution in [0.2, 0.25) is 0 Å². The molecule has 1 amide bonds. The summed E-state index contributed by atoms with van der Waals surface area (Å²) in [7, 11) is -3.87. The lowest BCUT2D eigenvalue weighted by Crippen LogP contribution is -2.46. The third-order valence-electron chi connectivity index (χ3n) is 4.99. The SMILES string of the molecule is Cc1ccc(S(=O)(=O)N(CC(=O)N2CCCC(C)C2)c2cccc(Br)c2)cc1. The number of rotatable bonds is 5. The molecule has 2 aromatic carbocycles. The molecule has 0 aromatic heterocycles. The first-order valence-corrected chi connectivity index (χ1v) is 11.6. The first-order chi connectivity index (χ1) is 13.3. The van der Waals surface area contributed by atoms with E-state index in [9.17, 15) is 13.2 Å². The summed E-state index contributed by atoms with van der Waals surface area (Å²) in [6.07, 6.45) is 2.05. The van der Waals surface area contributed by atoms with Gasteiger partial charge >= 0.3 is 0 Å². The van der Waals surface area contributed by atoms with Crippen molar-refractivity contribution in [2.24, 2.45) is 5.92 Å². The molecule has 0 bridgehead atoms. The molecule has 0 saturated carbocycles. The fourth-order valence-electron chi connectivity index (χ4n) is 3.42. The van der Waals surface area contributed by atoms with Crippen LogP contribution in [0, 0.1) is 12.8 Å². The van der Waals surface area contributed by atoms with Crippen LogP contribution in [0.1, 0.15) is 25.3 Å². The van der Waals surface area contributed by atoms with Gasteiger partial charge in [-0.1, -0.05) is 46.6 Å². The standard InChI is InChI=1S/C21H25BrN2O3S/c1-16-8-10-20(11-9-16)28(26,27)24(19-7-3-6-18(22)13-19)15-21(25)23-12-4-5-17(2)14-23/h3,6-11,13,17H,4-5,12,14-15H2,1-2H3. The van der Waals surface area contributed by atoms with Crippen molar-refractivity contribution in [2.75, 3.05) is 23.9 Å². The molecule has 28 heavy (non-hydrogen) atoms. The van der Waals surface area contributed by atoms with Gasteiger partial charge in [0.2, 0.25) is 5.91 Å². The number of nitrogens with zero attached hydrogens (tertiary/aromatic N) is 2. The number of amides is 1. The topological polar surface area (TPSA) is 57.7 Å². The summed E-state index contributed by atoms with van der Waals surface area (Å²) in [5.74, 6) is 0.271. The van der Waals surface area contributed by atoms with E-state index in [1.807, 2.05) is 13.0 Å². The lowest BCUT2D eigenvalue weighted by molar-refractivity contribution is -0.131. The summed E-state index contributed by atoms with van der Waals surface area (Å²) in [4.78, 5) is 14.9. The van der Waals surface area contributed by atoms with Gasteiger partial charge in [-0.25, -0.2) is 8.42 Å². The second-order valence-electron chi connectivity index (χ2n) is 7.39. The van der Waals surface area contributed by atoms with E-state index in [-0.39, 0.29) is 17.3 Å². The Kier molecular flexibility index (Phi) is 6.45. The molecule has 1 aliphatic rings. The van der Waals surface area contributed by atoms with Crippen LogP contribution in [0.3, 0.4) is 0 Å². The fraction of sp³-hybridized carbons (Fsp3) is 0.381. The molecular formula is C21H25BrN2O3S. The van der Waals surface area contributed by atoms with E-state index in [1.165, 1.54) is 4.31 Å². The predicted octanol–water partition coefficient (Wildman–Crippen LogP) is 4.21. The van der Waals surface area contributed by atoms with Crippen molar-refractivity contribution in [1.29, 1.82) is 0 Å². The van der Waals surface area contributed by atoms with Crippen LogP contribution in [0.25, 0.3) is 0 Å². The number of hydrogen-bond donors (Lipinski definition) is 0. The molecule has 150 valence electrons. The van der Waals surface area contributed by atoms with Crippen molar-refractivity contribution in [3.05, 3.63) is 58.6 Å². The van der Waals surface area contributed by atoms with Crippen molar-refractivity contribution >= 4 is 37.5 Å². The smallest absolute Gasteiger partial charge is 0.264 e. The maximum atomic E-state index is 13.4. The Morgan fingerprint density at radius 3 is 2.57 bits per heavy atom. The van der Waals surface area contributed by atoms with Gasteiger partial charge < -0.3 is 4.90 Å².